The molecule has 0 amide bonds. The van der Waals surface area contributed by atoms with Gasteiger partial charge in [0.1, 0.15) is 5.75 Å². The van der Waals surface area contributed by atoms with Crippen molar-refractivity contribution in [2.45, 2.75) is 26.3 Å². The van der Waals surface area contributed by atoms with Crippen LogP contribution in [0.25, 0.3) is 10.9 Å². The number of aromatic nitrogens is 1. The van der Waals surface area contributed by atoms with E-state index in [1.165, 1.54) is 12.8 Å². The fraction of sp³-hybridized carbons (Fsp3) is 0.286. The Morgan fingerprint density at radius 2 is 1.88 bits per heavy atom. The summed E-state index contributed by atoms with van der Waals surface area (Å²) < 4.78 is 12.5. The molecule has 3 aromatic rings. The van der Waals surface area contributed by atoms with Gasteiger partial charge in [-0.15, -0.1) is 0 Å². The summed E-state index contributed by atoms with van der Waals surface area (Å²) in [5.74, 6) is 0.933. The van der Waals surface area contributed by atoms with E-state index in [0.29, 0.717) is 18.0 Å². The summed E-state index contributed by atoms with van der Waals surface area (Å²) >= 11 is 0. The molecule has 0 atom stereocenters. The zero-order valence-corrected chi connectivity index (χ0v) is 15.1. The van der Waals surface area contributed by atoms with Crippen molar-refractivity contribution in [2.75, 3.05) is 14.2 Å². The SMILES string of the molecule is COC(=O)c1cccc(Cn2c(C(C)C)cc3cc(OC)ccc32)c1. The summed E-state index contributed by atoms with van der Waals surface area (Å²) in [6.07, 6.45) is 0. The lowest BCUT2D eigenvalue weighted by molar-refractivity contribution is 0.0600. The number of carbonyl (C=O) groups excluding carboxylic acids is 1. The van der Waals surface area contributed by atoms with E-state index < -0.39 is 0 Å². The lowest BCUT2D eigenvalue weighted by Gasteiger charge is -2.14. The van der Waals surface area contributed by atoms with Crippen LogP contribution in [0.2, 0.25) is 0 Å². The van der Waals surface area contributed by atoms with Gasteiger partial charge in [0.05, 0.1) is 19.8 Å². The maximum Gasteiger partial charge on any atom is 0.337 e. The number of carbonyl (C=O) groups is 1. The predicted molar refractivity (Wildman–Crippen MR) is 99.5 cm³/mol. The van der Waals surface area contributed by atoms with Crippen LogP contribution in [0.5, 0.6) is 5.75 Å². The number of methoxy groups -OCH3 is 2. The highest BCUT2D eigenvalue weighted by Crippen LogP contribution is 2.29. The van der Waals surface area contributed by atoms with Crippen LogP contribution in [0.4, 0.5) is 0 Å². The monoisotopic (exact) mass is 337 g/mol. The average molecular weight is 337 g/mol. The summed E-state index contributed by atoms with van der Waals surface area (Å²) in [4.78, 5) is 11.8. The maximum absolute atomic E-state index is 11.8. The number of hydrogen-bond donors (Lipinski definition) is 0. The van der Waals surface area contributed by atoms with Crippen LogP contribution in [-0.2, 0) is 11.3 Å². The van der Waals surface area contributed by atoms with Gasteiger partial charge in [-0.25, -0.2) is 4.79 Å². The van der Waals surface area contributed by atoms with E-state index in [0.717, 1.165) is 22.2 Å². The van der Waals surface area contributed by atoms with Gasteiger partial charge < -0.3 is 14.0 Å². The summed E-state index contributed by atoms with van der Waals surface area (Å²) in [6, 6.07) is 15.9. The van der Waals surface area contributed by atoms with Crippen LogP contribution in [0, 0.1) is 0 Å². The Kier molecular flexibility index (Phi) is 4.79. The molecule has 0 saturated carbocycles. The van der Waals surface area contributed by atoms with Crippen molar-refractivity contribution in [1.29, 1.82) is 0 Å². The van der Waals surface area contributed by atoms with Crippen molar-refractivity contribution in [3.8, 4) is 5.75 Å². The standard InChI is InChI=1S/C21H23NO3/c1-14(2)20-12-17-11-18(24-3)8-9-19(17)22(20)13-15-6-5-7-16(10-15)21(23)25-4/h5-12,14H,13H2,1-4H3. The van der Waals surface area contributed by atoms with E-state index in [1.54, 1.807) is 13.2 Å². The van der Waals surface area contributed by atoms with Crippen LogP contribution >= 0.6 is 0 Å². The number of fused-ring (bicyclic) bond motifs is 1. The van der Waals surface area contributed by atoms with Crippen molar-refractivity contribution in [3.05, 3.63) is 65.4 Å². The molecule has 0 aliphatic rings. The molecule has 0 spiro atoms. The van der Waals surface area contributed by atoms with Gasteiger partial charge in [0.25, 0.3) is 0 Å². The number of esters is 1. The molecule has 4 heteroatoms. The zero-order chi connectivity index (χ0) is 18.0. The Hall–Kier alpha value is -2.75. The fourth-order valence-corrected chi connectivity index (χ4v) is 3.15. The van der Waals surface area contributed by atoms with E-state index in [1.807, 2.05) is 24.3 Å². The number of nitrogens with zero attached hydrogens (tertiary/aromatic N) is 1. The second-order valence-electron chi connectivity index (χ2n) is 6.43. The molecule has 0 bridgehead atoms. The van der Waals surface area contributed by atoms with Crippen LogP contribution in [0.15, 0.2) is 48.5 Å². The van der Waals surface area contributed by atoms with Crippen molar-refractivity contribution in [1.82, 2.24) is 4.57 Å². The fourth-order valence-electron chi connectivity index (χ4n) is 3.15. The molecule has 0 fully saturated rings. The van der Waals surface area contributed by atoms with E-state index in [4.69, 9.17) is 9.47 Å². The average Bonchev–Trinajstić information content (AvgIpc) is 2.99. The minimum Gasteiger partial charge on any atom is -0.497 e. The Morgan fingerprint density at radius 3 is 2.56 bits per heavy atom. The van der Waals surface area contributed by atoms with E-state index in [2.05, 4.69) is 36.6 Å². The van der Waals surface area contributed by atoms with Gasteiger partial charge in [-0.2, -0.15) is 0 Å². The first kappa shape index (κ1) is 17.1. The third kappa shape index (κ3) is 3.38. The molecule has 3 rings (SSSR count). The summed E-state index contributed by atoms with van der Waals surface area (Å²) in [7, 11) is 3.08. The van der Waals surface area contributed by atoms with Gasteiger partial charge in [-0.05, 0) is 47.9 Å². The Labute approximate surface area is 148 Å². The molecular weight excluding hydrogens is 314 g/mol. The third-order valence-electron chi connectivity index (χ3n) is 4.42. The van der Waals surface area contributed by atoms with Gasteiger partial charge in [0.2, 0.25) is 0 Å². The largest absolute Gasteiger partial charge is 0.497 e. The van der Waals surface area contributed by atoms with Crippen LogP contribution in [0.1, 0.15) is 41.4 Å². The number of hydrogen-bond acceptors (Lipinski definition) is 3. The smallest absolute Gasteiger partial charge is 0.337 e. The molecule has 130 valence electrons. The molecular formula is C21H23NO3. The Bertz CT molecular complexity index is 909. The van der Waals surface area contributed by atoms with Crippen LogP contribution < -0.4 is 4.74 Å². The molecule has 2 aromatic carbocycles. The highest BCUT2D eigenvalue weighted by Gasteiger charge is 2.14. The predicted octanol–water partition coefficient (Wildman–Crippen LogP) is 4.61. The van der Waals surface area contributed by atoms with E-state index in [-0.39, 0.29) is 5.97 Å². The summed E-state index contributed by atoms with van der Waals surface area (Å²) in [5.41, 5.74) is 4.06. The summed E-state index contributed by atoms with van der Waals surface area (Å²) in [6.45, 7) is 5.08. The Balaban J connectivity index is 2.06. The van der Waals surface area contributed by atoms with Gasteiger partial charge in [0.15, 0.2) is 0 Å². The number of rotatable bonds is 5. The highest BCUT2D eigenvalue weighted by molar-refractivity contribution is 5.89. The Morgan fingerprint density at radius 1 is 1.08 bits per heavy atom. The molecule has 1 heterocycles. The molecule has 0 saturated heterocycles. The summed E-state index contributed by atoms with van der Waals surface area (Å²) in [5, 5.41) is 1.16. The topological polar surface area (TPSA) is 40.5 Å². The number of benzene rings is 2. The maximum atomic E-state index is 11.8. The zero-order valence-electron chi connectivity index (χ0n) is 15.1. The van der Waals surface area contributed by atoms with Crippen molar-refractivity contribution in [3.63, 3.8) is 0 Å². The van der Waals surface area contributed by atoms with Crippen molar-refractivity contribution < 1.29 is 14.3 Å². The molecule has 1 aromatic heterocycles. The second kappa shape index (κ2) is 7.01. The molecule has 0 radical (unpaired) electrons. The molecule has 25 heavy (non-hydrogen) atoms. The molecule has 0 aliphatic carbocycles. The van der Waals surface area contributed by atoms with Gasteiger partial charge >= 0.3 is 5.97 Å². The minimum absolute atomic E-state index is 0.312. The second-order valence-corrected chi connectivity index (χ2v) is 6.43. The lowest BCUT2D eigenvalue weighted by Crippen LogP contribution is -2.07. The normalized spacial score (nSPS) is 11.1. The first-order valence-electron chi connectivity index (χ1n) is 8.38. The van der Waals surface area contributed by atoms with Crippen molar-refractivity contribution in [2.24, 2.45) is 0 Å². The first-order chi connectivity index (χ1) is 12.0. The third-order valence-corrected chi connectivity index (χ3v) is 4.42. The van der Waals surface area contributed by atoms with Crippen LogP contribution in [-0.4, -0.2) is 24.8 Å². The quantitative estimate of drug-likeness (QED) is 0.638. The van der Waals surface area contributed by atoms with E-state index in [9.17, 15) is 4.79 Å². The molecule has 0 unspecified atom stereocenters. The van der Waals surface area contributed by atoms with Crippen LogP contribution in [0.3, 0.4) is 0 Å². The van der Waals surface area contributed by atoms with Crippen molar-refractivity contribution >= 4 is 16.9 Å². The van der Waals surface area contributed by atoms with E-state index >= 15 is 0 Å². The number of ether oxygens (including phenoxy) is 2. The highest BCUT2D eigenvalue weighted by atomic mass is 16.5. The molecule has 0 N–H and O–H groups in total. The lowest BCUT2D eigenvalue weighted by atomic mass is 10.1. The first-order valence-corrected chi connectivity index (χ1v) is 8.38. The van der Waals surface area contributed by atoms with Gasteiger partial charge in [-0.3, -0.25) is 0 Å². The van der Waals surface area contributed by atoms with Gasteiger partial charge in [-0.1, -0.05) is 26.0 Å². The molecule has 0 aliphatic heterocycles. The van der Waals surface area contributed by atoms with Gasteiger partial charge in [0, 0.05) is 23.1 Å². The molecule has 4 nitrogen and oxygen atoms in total. The minimum atomic E-state index is -0.312.